The molecule has 0 heterocycles. The number of fused-ring (bicyclic) bond motifs is 9. The van der Waals surface area contributed by atoms with Gasteiger partial charge in [0.25, 0.3) is 5.60 Å². The molecule has 10 unspecified atom stereocenters. The fraction of sp³-hybridized carbons (Fsp3) is 1.00. The summed E-state index contributed by atoms with van der Waals surface area (Å²) in [4.78, 5) is 0. The molecule has 2 nitrogen and oxygen atoms in total. The van der Waals surface area contributed by atoms with Gasteiger partial charge in [-0.15, -0.1) is 0 Å². The van der Waals surface area contributed by atoms with Gasteiger partial charge >= 0.3 is 12.4 Å². The third-order valence-electron chi connectivity index (χ3n) is 11.4. The first-order valence-electron chi connectivity index (χ1n) is 14.3. The van der Waals surface area contributed by atoms with Gasteiger partial charge < -0.3 is 9.47 Å². The normalized spacial score (nSPS) is 41.8. The summed E-state index contributed by atoms with van der Waals surface area (Å²) in [6, 6.07) is 0. The lowest BCUT2D eigenvalue weighted by atomic mass is 9.61. The summed E-state index contributed by atoms with van der Waals surface area (Å²) in [5.41, 5.74) is -4.19. The fourth-order valence-electron chi connectivity index (χ4n) is 9.74. The number of halogens is 6. The molecular formula is C28H42F6O2. The van der Waals surface area contributed by atoms with Crippen molar-refractivity contribution in [1.82, 2.24) is 0 Å². The molecule has 0 N–H and O–H groups in total. The van der Waals surface area contributed by atoms with Gasteiger partial charge in [-0.25, -0.2) is 0 Å². The Hall–Kier alpha value is -0.500. The maximum atomic E-state index is 14.4. The van der Waals surface area contributed by atoms with Gasteiger partial charge in [0, 0.05) is 6.61 Å². The Morgan fingerprint density at radius 3 is 2.00 bits per heavy atom. The molecule has 4 bridgehead atoms. The predicted molar refractivity (Wildman–Crippen MR) is 124 cm³/mol. The van der Waals surface area contributed by atoms with Crippen LogP contribution >= 0.6 is 0 Å². The lowest BCUT2D eigenvalue weighted by Crippen LogP contribution is -2.61. The van der Waals surface area contributed by atoms with Crippen molar-refractivity contribution in [1.29, 1.82) is 0 Å². The van der Waals surface area contributed by atoms with Gasteiger partial charge in [-0.1, -0.05) is 46.0 Å². The summed E-state index contributed by atoms with van der Waals surface area (Å²) < 4.78 is 96.6. The number of hydrogen-bond acceptors (Lipinski definition) is 2. The van der Waals surface area contributed by atoms with Crippen molar-refractivity contribution in [3.8, 4) is 0 Å². The molecule has 5 saturated carbocycles. The summed E-state index contributed by atoms with van der Waals surface area (Å²) in [7, 11) is 0. The van der Waals surface area contributed by atoms with Crippen molar-refractivity contribution < 1.29 is 35.8 Å². The topological polar surface area (TPSA) is 18.5 Å². The van der Waals surface area contributed by atoms with E-state index in [4.69, 9.17) is 9.47 Å². The number of ether oxygens (including phenoxy) is 2. The van der Waals surface area contributed by atoms with E-state index in [9.17, 15) is 26.3 Å². The van der Waals surface area contributed by atoms with E-state index in [0.717, 1.165) is 38.5 Å². The number of alkyl halides is 6. The van der Waals surface area contributed by atoms with E-state index >= 15 is 0 Å². The van der Waals surface area contributed by atoms with E-state index in [1.54, 1.807) is 0 Å². The lowest BCUT2D eigenvalue weighted by Gasteiger charge is -2.46. The van der Waals surface area contributed by atoms with Crippen molar-refractivity contribution in [3.05, 3.63) is 0 Å². The minimum Gasteiger partial charge on any atom is -0.353 e. The van der Waals surface area contributed by atoms with Gasteiger partial charge in [0.15, 0.2) is 6.29 Å². The molecule has 8 heteroatoms. The van der Waals surface area contributed by atoms with Gasteiger partial charge in [0.2, 0.25) is 0 Å². The highest BCUT2D eigenvalue weighted by molar-refractivity contribution is 5.15. The molecule has 5 rings (SSSR count). The lowest BCUT2D eigenvalue weighted by molar-refractivity contribution is -0.412. The van der Waals surface area contributed by atoms with Gasteiger partial charge in [-0.05, 0) is 98.2 Å². The zero-order valence-electron chi connectivity index (χ0n) is 21.7. The first-order chi connectivity index (χ1) is 16.8. The molecule has 5 aliphatic rings. The minimum absolute atomic E-state index is 0.0554. The maximum absolute atomic E-state index is 14.4. The van der Waals surface area contributed by atoms with Crippen molar-refractivity contribution in [3.63, 3.8) is 0 Å². The van der Waals surface area contributed by atoms with Crippen LogP contribution < -0.4 is 0 Å². The second-order valence-corrected chi connectivity index (χ2v) is 13.0. The fourth-order valence-corrected chi connectivity index (χ4v) is 9.74. The maximum Gasteiger partial charge on any atom is 0.426 e. The van der Waals surface area contributed by atoms with E-state index < -0.39 is 36.6 Å². The second kappa shape index (κ2) is 9.60. The summed E-state index contributed by atoms with van der Waals surface area (Å²) in [6.07, 6.45) is -5.26. The molecule has 5 aliphatic carbocycles. The molecule has 0 radical (unpaired) electrons. The average molecular weight is 525 g/mol. The van der Waals surface area contributed by atoms with Crippen LogP contribution in [0.2, 0.25) is 0 Å². The van der Waals surface area contributed by atoms with Crippen LogP contribution in [0.4, 0.5) is 26.3 Å². The third kappa shape index (κ3) is 4.42. The minimum atomic E-state index is -5.57. The molecule has 36 heavy (non-hydrogen) atoms. The average Bonchev–Trinajstić information content (AvgIpc) is 3.53. The van der Waals surface area contributed by atoms with Crippen molar-refractivity contribution >= 4 is 0 Å². The Morgan fingerprint density at radius 2 is 1.39 bits per heavy atom. The Morgan fingerprint density at radius 1 is 0.778 bits per heavy atom. The first-order valence-corrected chi connectivity index (χ1v) is 14.3. The molecule has 0 aromatic rings. The highest BCUT2D eigenvalue weighted by Crippen LogP contribution is 2.72. The van der Waals surface area contributed by atoms with E-state index in [-0.39, 0.29) is 24.4 Å². The van der Waals surface area contributed by atoms with Gasteiger partial charge in [-0.3, -0.25) is 0 Å². The molecule has 0 aromatic heterocycles. The van der Waals surface area contributed by atoms with Crippen LogP contribution in [0.5, 0.6) is 0 Å². The molecule has 5 fully saturated rings. The van der Waals surface area contributed by atoms with Crippen molar-refractivity contribution in [2.45, 2.75) is 109 Å². The van der Waals surface area contributed by atoms with E-state index in [2.05, 4.69) is 13.8 Å². The zero-order chi connectivity index (χ0) is 26.0. The largest absolute Gasteiger partial charge is 0.426 e. The van der Waals surface area contributed by atoms with Crippen LogP contribution in [0.25, 0.3) is 0 Å². The molecule has 10 atom stereocenters. The van der Waals surface area contributed by atoms with Crippen LogP contribution in [-0.4, -0.2) is 30.9 Å². The second-order valence-electron chi connectivity index (χ2n) is 13.0. The standard InChI is InChI=1S/C28H42F6O2/c1-15-16(2)22-13-21(15)24-19-11-20(23(12-19)25(22)24)14-26(27(29,30)31,28(32,33)34)36-17(3)35-10-9-18-7-5-4-6-8-18/h15-25H,4-14H2,1-3H3. The summed E-state index contributed by atoms with van der Waals surface area (Å²) in [6.45, 7) is 5.80. The quantitative estimate of drug-likeness (QED) is 0.180. The first kappa shape index (κ1) is 27.1. The van der Waals surface area contributed by atoms with E-state index in [1.807, 2.05) is 0 Å². The Labute approximate surface area is 211 Å². The van der Waals surface area contributed by atoms with Gasteiger partial charge in [-0.2, -0.15) is 26.3 Å². The van der Waals surface area contributed by atoms with E-state index in [1.165, 1.54) is 13.3 Å². The molecule has 0 aliphatic heterocycles. The van der Waals surface area contributed by atoms with Gasteiger partial charge in [0.1, 0.15) is 0 Å². The molecule has 208 valence electrons. The number of hydrogen-bond donors (Lipinski definition) is 0. The third-order valence-corrected chi connectivity index (χ3v) is 11.4. The number of rotatable bonds is 8. The Bertz CT molecular complexity index is 761. The zero-order valence-corrected chi connectivity index (χ0v) is 21.7. The monoisotopic (exact) mass is 524 g/mol. The van der Waals surface area contributed by atoms with Gasteiger partial charge in [0.05, 0.1) is 0 Å². The molecule has 0 spiro atoms. The summed E-state index contributed by atoms with van der Waals surface area (Å²) in [5, 5.41) is 0. The predicted octanol–water partition coefficient (Wildman–Crippen LogP) is 8.40. The van der Waals surface area contributed by atoms with E-state index in [0.29, 0.717) is 48.3 Å². The van der Waals surface area contributed by atoms with Crippen molar-refractivity contribution in [2.24, 2.45) is 59.2 Å². The van der Waals surface area contributed by atoms with Crippen molar-refractivity contribution in [2.75, 3.05) is 6.61 Å². The van der Waals surface area contributed by atoms with Crippen LogP contribution in [-0.2, 0) is 9.47 Å². The van der Waals surface area contributed by atoms with Crippen LogP contribution in [0.1, 0.15) is 85.0 Å². The Kier molecular flexibility index (Phi) is 7.22. The van der Waals surface area contributed by atoms with Crippen LogP contribution in [0.15, 0.2) is 0 Å². The SMILES string of the molecule is CC(OCCC1CCCCC1)OC(CC1CC2CC1C1C3CC(C(C)C3C)C21)(C(F)(F)F)C(F)(F)F. The molecule has 0 amide bonds. The summed E-state index contributed by atoms with van der Waals surface area (Å²) >= 11 is 0. The molecule has 0 aromatic carbocycles. The smallest absolute Gasteiger partial charge is 0.353 e. The highest BCUT2D eigenvalue weighted by Gasteiger charge is 2.75. The van der Waals surface area contributed by atoms with Crippen LogP contribution in [0, 0.1) is 59.2 Å². The molecule has 0 saturated heterocycles. The summed E-state index contributed by atoms with van der Waals surface area (Å²) in [5.74, 6) is 2.94. The van der Waals surface area contributed by atoms with Crippen LogP contribution in [0.3, 0.4) is 0 Å². The Balaban J connectivity index is 1.29. The molecular weight excluding hydrogens is 482 g/mol. The highest BCUT2D eigenvalue weighted by atomic mass is 19.4.